The monoisotopic (exact) mass is 506 g/mol. The number of rotatable bonds is 17. The van der Waals surface area contributed by atoms with Crippen molar-refractivity contribution in [2.24, 2.45) is 5.92 Å². The molecule has 5 heteroatoms. The predicted molar refractivity (Wildman–Crippen MR) is 151 cm³/mol. The van der Waals surface area contributed by atoms with Gasteiger partial charge in [-0.2, -0.15) is 0 Å². The normalized spacial score (nSPS) is 12.8. The molecule has 0 amide bonds. The first-order valence-corrected chi connectivity index (χ1v) is 14.0. The Labute approximate surface area is 222 Å². The summed E-state index contributed by atoms with van der Waals surface area (Å²) in [7, 11) is 0. The molecule has 0 saturated heterocycles. The van der Waals surface area contributed by atoms with Gasteiger partial charge in [0.05, 0.1) is 6.61 Å². The molecule has 200 valence electrons. The van der Waals surface area contributed by atoms with Crippen LogP contribution < -0.4 is 9.47 Å². The van der Waals surface area contributed by atoms with E-state index < -0.39 is 6.17 Å². The number of halogens is 1. The highest BCUT2D eigenvalue weighted by Crippen LogP contribution is 2.25. The van der Waals surface area contributed by atoms with Crippen molar-refractivity contribution in [1.29, 1.82) is 0 Å². The van der Waals surface area contributed by atoms with Crippen molar-refractivity contribution in [3.05, 3.63) is 60.9 Å². The van der Waals surface area contributed by atoms with Crippen molar-refractivity contribution in [1.82, 2.24) is 9.97 Å². The summed E-state index contributed by atoms with van der Waals surface area (Å²) in [5, 5.41) is 0. The van der Waals surface area contributed by atoms with Crippen molar-refractivity contribution in [3.8, 4) is 34.0 Å². The van der Waals surface area contributed by atoms with E-state index in [4.69, 9.17) is 9.47 Å². The second kappa shape index (κ2) is 16.0. The van der Waals surface area contributed by atoms with E-state index in [-0.39, 0.29) is 12.5 Å². The molecule has 0 aliphatic rings. The summed E-state index contributed by atoms with van der Waals surface area (Å²) in [5.41, 5.74) is 2.86. The highest BCUT2D eigenvalue weighted by Gasteiger charge is 2.15. The molecule has 3 aromatic rings. The fourth-order valence-corrected chi connectivity index (χ4v) is 4.09. The highest BCUT2D eigenvalue weighted by atomic mass is 19.1. The van der Waals surface area contributed by atoms with Gasteiger partial charge in [0.1, 0.15) is 24.3 Å². The van der Waals surface area contributed by atoms with Crippen LogP contribution in [0.3, 0.4) is 0 Å². The van der Waals surface area contributed by atoms with Crippen molar-refractivity contribution in [3.63, 3.8) is 0 Å². The van der Waals surface area contributed by atoms with E-state index in [9.17, 15) is 4.39 Å². The fourth-order valence-electron chi connectivity index (χ4n) is 4.09. The van der Waals surface area contributed by atoms with Crippen molar-refractivity contribution >= 4 is 0 Å². The number of aromatic nitrogens is 2. The average Bonchev–Trinajstić information content (AvgIpc) is 2.95. The molecule has 1 heterocycles. The molecule has 0 aliphatic carbocycles. The van der Waals surface area contributed by atoms with Gasteiger partial charge in [-0.1, -0.05) is 84.3 Å². The van der Waals surface area contributed by atoms with Crippen LogP contribution in [-0.2, 0) is 0 Å². The zero-order chi connectivity index (χ0) is 26.3. The number of benzene rings is 2. The summed E-state index contributed by atoms with van der Waals surface area (Å²) in [6.45, 7) is 6.99. The molecule has 1 aromatic heterocycles. The van der Waals surface area contributed by atoms with Gasteiger partial charge >= 0.3 is 0 Å². The Morgan fingerprint density at radius 1 is 0.676 bits per heavy atom. The van der Waals surface area contributed by atoms with Crippen LogP contribution in [0.15, 0.2) is 60.9 Å². The van der Waals surface area contributed by atoms with Gasteiger partial charge in [0.2, 0.25) is 0 Å². The number of nitrogens with zero attached hydrogens (tertiary/aromatic N) is 2. The van der Waals surface area contributed by atoms with Crippen LogP contribution in [0.4, 0.5) is 4.39 Å². The molecule has 0 spiro atoms. The van der Waals surface area contributed by atoms with Gasteiger partial charge in [0.25, 0.3) is 0 Å². The first-order chi connectivity index (χ1) is 18.1. The third-order valence-electron chi connectivity index (χ3n) is 6.89. The number of ether oxygens (including phenoxy) is 2. The van der Waals surface area contributed by atoms with E-state index in [1.54, 1.807) is 0 Å². The molecule has 0 N–H and O–H groups in total. The first kappa shape index (κ1) is 28.6. The maximum atomic E-state index is 14.0. The van der Waals surface area contributed by atoms with Crippen LogP contribution in [0.1, 0.15) is 78.6 Å². The lowest BCUT2D eigenvalue weighted by atomic mass is 10.0. The van der Waals surface area contributed by atoms with Crippen molar-refractivity contribution in [2.45, 2.75) is 84.7 Å². The van der Waals surface area contributed by atoms with Crippen molar-refractivity contribution < 1.29 is 13.9 Å². The first-order valence-electron chi connectivity index (χ1n) is 14.0. The van der Waals surface area contributed by atoms with Crippen molar-refractivity contribution in [2.75, 3.05) is 13.2 Å². The Morgan fingerprint density at radius 3 is 1.81 bits per heavy atom. The molecule has 0 bridgehead atoms. The van der Waals surface area contributed by atoms with Crippen LogP contribution in [0, 0.1) is 5.92 Å². The fraction of sp³-hybridized carbons (Fsp3) is 0.500. The Balaban J connectivity index is 1.43. The zero-order valence-corrected chi connectivity index (χ0v) is 22.8. The number of unbranched alkanes of at least 4 members (excludes halogenated alkanes) is 7. The van der Waals surface area contributed by atoms with Crippen LogP contribution in [0.2, 0.25) is 0 Å². The van der Waals surface area contributed by atoms with Gasteiger partial charge in [-0.05, 0) is 54.3 Å². The molecule has 37 heavy (non-hydrogen) atoms. The van der Waals surface area contributed by atoms with Crippen LogP contribution in [0.5, 0.6) is 11.5 Å². The Bertz CT molecular complexity index is 1010. The standard InChI is InChI=1S/C32H43FN2O2/c1-4-6-7-8-9-10-11-12-21-36-29-19-15-27(16-20-29)32-34-22-28(23-35-32)26-13-17-30(18-14-26)37-24-31(33)25(3)5-2/h13-20,22-23,25,31H,4-12,21,24H2,1-3H3. The molecule has 3 rings (SSSR count). The smallest absolute Gasteiger partial charge is 0.159 e. The minimum atomic E-state index is -0.957. The quantitative estimate of drug-likeness (QED) is 0.171. The molecule has 0 radical (unpaired) electrons. The van der Waals surface area contributed by atoms with E-state index in [0.29, 0.717) is 11.6 Å². The summed E-state index contributed by atoms with van der Waals surface area (Å²) in [6.07, 6.45) is 13.9. The second-order valence-corrected chi connectivity index (χ2v) is 9.88. The van der Waals surface area contributed by atoms with E-state index >= 15 is 0 Å². The summed E-state index contributed by atoms with van der Waals surface area (Å²) < 4.78 is 25.5. The van der Waals surface area contributed by atoms with E-state index in [0.717, 1.165) is 41.9 Å². The Hall–Kier alpha value is -2.95. The second-order valence-electron chi connectivity index (χ2n) is 9.88. The Kier molecular flexibility index (Phi) is 12.4. The van der Waals surface area contributed by atoms with Crippen LogP contribution >= 0.6 is 0 Å². The molecular formula is C32H43FN2O2. The lowest BCUT2D eigenvalue weighted by Gasteiger charge is -2.15. The third kappa shape index (κ3) is 9.79. The molecule has 0 saturated carbocycles. The summed E-state index contributed by atoms with van der Waals surface area (Å²) in [4.78, 5) is 9.11. The topological polar surface area (TPSA) is 44.2 Å². The SMILES string of the molecule is CCCCCCCCCCOc1ccc(-c2ncc(-c3ccc(OCC(F)C(C)CC)cc3)cn2)cc1. The van der Waals surface area contributed by atoms with Gasteiger partial charge in [0.15, 0.2) is 5.82 Å². The van der Waals surface area contributed by atoms with E-state index in [2.05, 4.69) is 16.9 Å². The largest absolute Gasteiger partial charge is 0.494 e. The average molecular weight is 507 g/mol. The van der Waals surface area contributed by atoms with E-state index in [1.165, 1.54) is 44.9 Å². The molecule has 2 atom stereocenters. The van der Waals surface area contributed by atoms with Gasteiger partial charge < -0.3 is 9.47 Å². The minimum absolute atomic E-state index is 0.00150. The third-order valence-corrected chi connectivity index (χ3v) is 6.89. The lowest BCUT2D eigenvalue weighted by Crippen LogP contribution is -2.20. The van der Waals surface area contributed by atoms with Gasteiger partial charge in [-0.25, -0.2) is 14.4 Å². The van der Waals surface area contributed by atoms with Crippen LogP contribution in [-0.4, -0.2) is 29.4 Å². The summed E-state index contributed by atoms with van der Waals surface area (Å²) in [6, 6.07) is 15.6. The molecular weight excluding hydrogens is 463 g/mol. The molecule has 2 unspecified atom stereocenters. The number of hydrogen-bond donors (Lipinski definition) is 0. The van der Waals surface area contributed by atoms with Gasteiger partial charge in [0, 0.05) is 23.5 Å². The number of alkyl halides is 1. The number of hydrogen-bond acceptors (Lipinski definition) is 4. The summed E-state index contributed by atoms with van der Waals surface area (Å²) >= 11 is 0. The van der Waals surface area contributed by atoms with Crippen LogP contribution in [0.25, 0.3) is 22.5 Å². The maximum Gasteiger partial charge on any atom is 0.159 e. The molecule has 2 aromatic carbocycles. The summed E-state index contributed by atoms with van der Waals surface area (Å²) in [5.74, 6) is 2.22. The molecule has 0 fully saturated rings. The minimum Gasteiger partial charge on any atom is -0.494 e. The molecule has 4 nitrogen and oxygen atoms in total. The van der Waals surface area contributed by atoms with Gasteiger partial charge in [-0.15, -0.1) is 0 Å². The van der Waals surface area contributed by atoms with E-state index in [1.807, 2.05) is 74.8 Å². The highest BCUT2D eigenvalue weighted by molar-refractivity contribution is 5.64. The molecule has 0 aliphatic heterocycles. The predicted octanol–water partition coefficient (Wildman–Crippen LogP) is 9.09. The van der Waals surface area contributed by atoms with Gasteiger partial charge in [-0.3, -0.25) is 0 Å². The lowest BCUT2D eigenvalue weighted by molar-refractivity contribution is 0.145. The zero-order valence-electron chi connectivity index (χ0n) is 22.8. The Morgan fingerprint density at radius 2 is 1.22 bits per heavy atom. The maximum absolute atomic E-state index is 14.0.